The van der Waals surface area contributed by atoms with E-state index in [0.29, 0.717) is 5.69 Å². The standard InChI is InChI=1S/C21H15F5N2O3/c22-17-14(18(23)20(25)21(26)19(17)24)9-16(30)28(10-13-7-4-8-31-13)11-15(29)27-12-5-2-1-3-6-12/h1-8H,9-11H2,(H,27,29). The number of furan rings is 1. The lowest BCUT2D eigenvalue weighted by Gasteiger charge is -2.22. The zero-order chi connectivity index (χ0) is 22.5. The van der Waals surface area contributed by atoms with Gasteiger partial charge >= 0.3 is 0 Å². The van der Waals surface area contributed by atoms with E-state index < -0.39 is 59.4 Å². The van der Waals surface area contributed by atoms with E-state index in [1.807, 2.05) is 0 Å². The predicted octanol–water partition coefficient (Wildman–Crippen LogP) is 4.19. The molecule has 162 valence electrons. The minimum atomic E-state index is -2.32. The molecule has 0 radical (unpaired) electrons. The topological polar surface area (TPSA) is 62.6 Å². The number of hydrogen-bond acceptors (Lipinski definition) is 3. The highest BCUT2D eigenvalue weighted by Gasteiger charge is 2.29. The normalized spacial score (nSPS) is 10.7. The van der Waals surface area contributed by atoms with Gasteiger partial charge in [-0.3, -0.25) is 9.59 Å². The van der Waals surface area contributed by atoms with Crippen molar-refractivity contribution in [2.24, 2.45) is 0 Å². The summed E-state index contributed by atoms with van der Waals surface area (Å²) in [6, 6.07) is 11.3. The molecule has 2 aromatic carbocycles. The predicted molar refractivity (Wildman–Crippen MR) is 99.1 cm³/mol. The van der Waals surface area contributed by atoms with E-state index in [0.717, 1.165) is 4.90 Å². The zero-order valence-corrected chi connectivity index (χ0v) is 15.8. The molecule has 0 aliphatic carbocycles. The molecule has 10 heteroatoms. The zero-order valence-electron chi connectivity index (χ0n) is 15.8. The van der Waals surface area contributed by atoms with Crippen molar-refractivity contribution >= 4 is 17.5 Å². The molecule has 31 heavy (non-hydrogen) atoms. The van der Waals surface area contributed by atoms with Gasteiger partial charge in [0.25, 0.3) is 0 Å². The Bertz CT molecular complexity index is 1060. The Morgan fingerprint density at radius 3 is 2.03 bits per heavy atom. The lowest BCUT2D eigenvalue weighted by molar-refractivity contribution is -0.135. The Kier molecular flexibility index (Phi) is 6.68. The van der Waals surface area contributed by atoms with Crippen molar-refractivity contribution in [3.8, 4) is 0 Å². The summed E-state index contributed by atoms with van der Waals surface area (Å²) in [4.78, 5) is 25.9. The SMILES string of the molecule is O=C(CN(Cc1ccco1)C(=O)Cc1c(F)c(F)c(F)c(F)c1F)Nc1ccccc1. The first-order valence-electron chi connectivity index (χ1n) is 8.93. The Labute approximate surface area is 173 Å². The van der Waals surface area contributed by atoms with Crippen LogP contribution in [0.5, 0.6) is 0 Å². The number of halogens is 5. The third kappa shape index (κ3) is 5.08. The van der Waals surface area contributed by atoms with Gasteiger partial charge in [0.2, 0.25) is 17.6 Å². The van der Waals surface area contributed by atoms with Crippen LogP contribution in [0.1, 0.15) is 11.3 Å². The Hall–Kier alpha value is -3.69. The fraction of sp³-hybridized carbons (Fsp3) is 0.143. The van der Waals surface area contributed by atoms with Crippen LogP contribution < -0.4 is 5.32 Å². The molecule has 3 rings (SSSR count). The van der Waals surface area contributed by atoms with Crippen LogP contribution in [0.15, 0.2) is 53.1 Å². The van der Waals surface area contributed by atoms with Crippen LogP contribution in [-0.4, -0.2) is 23.3 Å². The van der Waals surface area contributed by atoms with Gasteiger partial charge in [-0.2, -0.15) is 0 Å². The highest BCUT2D eigenvalue weighted by atomic mass is 19.2. The summed E-state index contributed by atoms with van der Waals surface area (Å²) in [6.07, 6.45) is 0.164. The molecule has 1 aromatic heterocycles. The van der Waals surface area contributed by atoms with Crippen molar-refractivity contribution in [2.75, 3.05) is 11.9 Å². The summed E-state index contributed by atoms with van der Waals surface area (Å²) >= 11 is 0. The molecule has 0 atom stereocenters. The fourth-order valence-corrected chi connectivity index (χ4v) is 2.79. The van der Waals surface area contributed by atoms with Gasteiger partial charge in [0.1, 0.15) is 12.3 Å². The highest BCUT2D eigenvalue weighted by Crippen LogP contribution is 2.24. The van der Waals surface area contributed by atoms with Crippen LogP contribution in [-0.2, 0) is 22.6 Å². The van der Waals surface area contributed by atoms with E-state index in [4.69, 9.17) is 4.42 Å². The number of carbonyl (C=O) groups excluding carboxylic acids is 2. The quantitative estimate of drug-likeness (QED) is 0.342. The summed E-state index contributed by atoms with van der Waals surface area (Å²) in [5.41, 5.74) is -0.841. The number of carbonyl (C=O) groups is 2. The first-order valence-corrected chi connectivity index (χ1v) is 8.93. The van der Waals surface area contributed by atoms with Gasteiger partial charge in [0.15, 0.2) is 23.3 Å². The molecule has 0 unspecified atom stereocenters. The van der Waals surface area contributed by atoms with Gasteiger partial charge in [0, 0.05) is 11.3 Å². The van der Waals surface area contributed by atoms with Gasteiger partial charge in [-0.15, -0.1) is 0 Å². The summed E-state index contributed by atoms with van der Waals surface area (Å²) in [5.74, 6) is -12.2. The summed E-state index contributed by atoms with van der Waals surface area (Å²) in [6.45, 7) is -0.812. The van der Waals surface area contributed by atoms with E-state index in [1.165, 1.54) is 18.4 Å². The summed E-state index contributed by atoms with van der Waals surface area (Å²) in [7, 11) is 0. The number of nitrogens with zero attached hydrogens (tertiary/aromatic N) is 1. The second kappa shape index (κ2) is 9.41. The van der Waals surface area contributed by atoms with Crippen LogP contribution in [0.25, 0.3) is 0 Å². The number of hydrogen-bond donors (Lipinski definition) is 1. The molecule has 0 fully saturated rings. The molecule has 0 saturated heterocycles. The molecule has 2 amide bonds. The van der Waals surface area contributed by atoms with Crippen LogP contribution >= 0.6 is 0 Å². The fourth-order valence-electron chi connectivity index (χ4n) is 2.79. The maximum Gasteiger partial charge on any atom is 0.244 e. The average molecular weight is 438 g/mol. The van der Waals surface area contributed by atoms with Gasteiger partial charge in [-0.25, -0.2) is 22.0 Å². The third-order valence-electron chi connectivity index (χ3n) is 4.30. The minimum absolute atomic E-state index is 0.248. The number of rotatable bonds is 7. The van der Waals surface area contributed by atoms with Gasteiger partial charge in [0.05, 0.1) is 19.2 Å². The van der Waals surface area contributed by atoms with Crippen LogP contribution in [0.2, 0.25) is 0 Å². The lowest BCUT2D eigenvalue weighted by Crippen LogP contribution is -2.38. The first kappa shape index (κ1) is 22.0. The molecule has 3 aromatic rings. The average Bonchev–Trinajstić information content (AvgIpc) is 3.27. The highest BCUT2D eigenvalue weighted by molar-refractivity contribution is 5.94. The van der Waals surface area contributed by atoms with Crippen LogP contribution in [0.4, 0.5) is 27.6 Å². The Morgan fingerprint density at radius 1 is 0.839 bits per heavy atom. The van der Waals surface area contributed by atoms with Crippen molar-refractivity contribution in [1.29, 1.82) is 0 Å². The first-order chi connectivity index (χ1) is 14.8. The summed E-state index contributed by atoms with van der Waals surface area (Å²) in [5, 5.41) is 2.54. The van der Waals surface area contributed by atoms with Crippen molar-refractivity contribution in [1.82, 2.24) is 4.90 Å². The second-order valence-corrected chi connectivity index (χ2v) is 6.47. The molecule has 0 aliphatic heterocycles. The summed E-state index contributed by atoms with van der Waals surface area (Å²) < 4.78 is 73.2. The number of anilines is 1. The maximum atomic E-state index is 14.0. The molecule has 0 bridgehead atoms. The van der Waals surface area contributed by atoms with E-state index in [2.05, 4.69) is 5.32 Å². The number of nitrogens with one attached hydrogen (secondary N) is 1. The van der Waals surface area contributed by atoms with Gasteiger partial charge < -0.3 is 14.6 Å². The molecule has 1 N–H and O–H groups in total. The largest absolute Gasteiger partial charge is 0.467 e. The maximum absolute atomic E-state index is 14.0. The third-order valence-corrected chi connectivity index (χ3v) is 4.30. The number of benzene rings is 2. The lowest BCUT2D eigenvalue weighted by atomic mass is 10.1. The van der Waals surface area contributed by atoms with Crippen molar-refractivity contribution in [3.05, 3.63) is 89.1 Å². The number of amides is 2. The smallest absolute Gasteiger partial charge is 0.244 e. The molecular weight excluding hydrogens is 423 g/mol. The molecule has 1 heterocycles. The van der Waals surface area contributed by atoms with E-state index in [-0.39, 0.29) is 12.3 Å². The number of para-hydroxylation sites is 1. The van der Waals surface area contributed by atoms with Gasteiger partial charge in [-0.1, -0.05) is 18.2 Å². The van der Waals surface area contributed by atoms with Gasteiger partial charge in [-0.05, 0) is 24.3 Å². The second-order valence-electron chi connectivity index (χ2n) is 6.47. The van der Waals surface area contributed by atoms with E-state index in [9.17, 15) is 31.5 Å². The minimum Gasteiger partial charge on any atom is -0.467 e. The molecular formula is C21H15F5N2O3. The molecule has 5 nitrogen and oxygen atoms in total. The molecule has 0 aliphatic rings. The molecule has 0 spiro atoms. The monoisotopic (exact) mass is 438 g/mol. The van der Waals surface area contributed by atoms with Crippen LogP contribution in [0.3, 0.4) is 0 Å². The Balaban J connectivity index is 1.82. The Morgan fingerprint density at radius 2 is 1.45 bits per heavy atom. The van der Waals surface area contributed by atoms with Crippen molar-refractivity contribution in [2.45, 2.75) is 13.0 Å². The van der Waals surface area contributed by atoms with E-state index in [1.54, 1.807) is 30.3 Å². The van der Waals surface area contributed by atoms with Crippen LogP contribution in [0, 0.1) is 29.1 Å². The van der Waals surface area contributed by atoms with E-state index >= 15 is 0 Å². The molecule has 0 saturated carbocycles. The van der Waals surface area contributed by atoms with Crippen molar-refractivity contribution in [3.63, 3.8) is 0 Å². The van der Waals surface area contributed by atoms with Crippen molar-refractivity contribution < 1.29 is 36.0 Å².